The van der Waals surface area contributed by atoms with Crippen LogP contribution in [-0.2, 0) is 0 Å². The molecule has 22 heavy (non-hydrogen) atoms. The maximum Gasteiger partial charge on any atom is 0.265 e. The molecule has 118 valence electrons. The van der Waals surface area contributed by atoms with Crippen LogP contribution in [0.15, 0.2) is 10.7 Å². The molecule has 2 aromatic heterocycles. The number of hydrogen-bond acceptors (Lipinski definition) is 6. The maximum atomic E-state index is 12.5. The molecule has 1 atom stereocenters. The summed E-state index contributed by atoms with van der Waals surface area (Å²) < 4.78 is 5.29. The van der Waals surface area contributed by atoms with Crippen LogP contribution in [0.1, 0.15) is 64.9 Å². The summed E-state index contributed by atoms with van der Waals surface area (Å²) in [7, 11) is 0. The molecule has 0 aliphatic carbocycles. The van der Waals surface area contributed by atoms with Gasteiger partial charge in [0.05, 0.1) is 11.2 Å². The zero-order valence-electron chi connectivity index (χ0n) is 13.1. The highest BCUT2D eigenvalue weighted by atomic mass is 32.1. The lowest BCUT2D eigenvalue weighted by molar-refractivity contribution is 0.0708. The monoisotopic (exact) mass is 320 g/mol. The number of carbonyl (C=O) groups is 1. The number of aryl methyl sites for hydroxylation is 1. The van der Waals surface area contributed by atoms with Crippen LogP contribution in [0.5, 0.6) is 0 Å². The van der Waals surface area contributed by atoms with Crippen LogP contribution in [0.25, 0.3) is 0 Å². The summed E-state index contributed by atoms with van der Waals surface area (Å²) in [5.41, 5.74) is 0. The molecule has 1 aliphatic rings. The van der Waals surface area contributed by atoms with Crippen molar-refractivity contribution in [3.05, 3.63) is 27.8 Å². The predicted molar refractivity (Wildman–Crippen MR) is 83.1 cm³/mol. The first-order valence-electron chi connectivity index (χ1n) is 7.59. The van der Waals surface area contributed by atoms with Gasteiger partial charge in [-0.15, -0.1) is 11.3 Å². The molecule has 0 spiro atoms. The van der Waals surface area contributed by atoms with E-state index >= 15 is 0 Å². The zero-order valence-corrected chi connectivity index (χ0v) is 13.9. The molecule has 1 unspecified atom stereocenters. The normalized spacial score (nSPS) is 18.9. The summed E-state index contributed by atoms with van der Waals surface area (Å²) in [5, 5.41) is 5.01. The molecule has 0 saturated carbocycles. The second-order valence-corrected chi connectivity index (χ2v) is 7.21. The lowest BCUT2D eigenvalue weighted by Gasteiger charge is -2.30. The van der Waals surface area contributed by atoms with Crippen molar-refractivity contribution in [1.82, 2.24) is 20.0 Å². The van der Waals surface area contributed by atoms with E-state index in [1.807, 2.05) is 25.7 Å². The van der Waals surface area contributed by atoms with Crippen LogP contribution < -0.4 is 0 Å². The molecule has 0 bridgehead atoms. The molecule has 7 heteroatoms. The number of amides is 1. The highest BCUT2D eigenvalue weighted by Crippen LogP contribution is 2.27. The van der Waals surface area contributed by atoms with E-state index in [2.05, 4.69) is 15.1 Å². The van der Waals surface area contributed by atoms with Gasteiger partial charge in [-0.2, -0.15) is 4.98 Å². The van der Waals surface area contributed by atoms with Crippen molar-refractivity contribution in [2.75, 3.05) is 13.1 Å². The zero-order chi connectivity index (χ0) is 15.7. The van der Waals surface area contributed by atoms with E-state index in [0.717, 1.165) is 30.2 Å². The smallest absolute Gasteiger partial charge is 0.265 e. The molecule has 2 aromatic rings. The van der Waals surface area contributed by atoms with Crippen molar-refractivity contribution < 1.29 is 9.32 Å². The fourth-order valence-corrected chi connectivity index (χ4v) is 3.38. The van der Waals surface area contributed by atoms with E-state index in [4.69, 9.17) is 4.52 Å². The van der Waals surface area contributed by atoms with Crippen molar-refractivity contribution in [1.29, 1.82) is 0 Å². The predicted octanol–water partition coefficient (Wildman–Crippen LogP) is 2.98. The number of rotatable bonds is 3. The van der Waals surface area contributed by atoms with Crippen LogP contribution in [0.2, 0.25) is 0 Å². The van der Waals surface area contributed by atoms with Gasteiger partial charge in [0.25, 0.3) is 5.91 Å². The second kappa shape index (κ2) is 6.16. The van der Waals surface area contributed by atoms with Crippen LogP contribution in [0, 0.1) is 6.92 Å². The summed E-state index contributed by atoms with van der Waals surface area (Å²) in [4.78, 5) is 23.8. The van der Waals surface area contributed by atoms with Crippen molar-refractivity contribution >= 4 is 17.2 Å². The van der Waals surface area contributed by atoms with Gasteiger partial charge in [-0.25, -0.2) is 4.98 Å². The Morgan fingerprint density at radius 3 is 2.95 bits per heavy atom. The fourth-order valence-electron chi connectivity index (χ4n) is 2.64. The Morgan fingerprint density at radius 1 is 1.50 bits per heavy atom. The van der Waals surface area contributed by atoms with E-state index in [1.54, 1.807) is 6.20 Å². The number of hydrogen-bond donors (Lipinski definition) is 0. The maximum absolute atomic E-state index is 12.5. The topological polar surface area (TPSA) is 72.1 Å². The minimum absolute atomic E-state index is 0.0582. The largest absolute Gasteiger partial charge is 0.339 e. The Bertz CT molecular complexity index is 664. The number of likely N-dealkylation sites (tertiary alicyclic amines) is 1. The standard InChI is InChI=1S/C15H20N4O2S/c1-9(2)14-17-13(18-21-14)11-5-4-6-19(8-11)15(20)12-7-16-10(3)22-12/h7,9,11H,4-6,8H2,1-3H3. The molecule has 0 radical (unpaired) electrons. The molecule has 0 N–H and O–H groups in total. The summed E-state index contributed by atoms with van der Waals surface area (Å²) in [6.45, 7) is 7.39. The Hall–Kier alpha value is -1.76. The van der Waals surface area contributed by atoms with Crippen molar-refractivity contribution in [2.24, 2.45) is 0 Å². The van der Waals surface area contributed by atoms with Crippen molar-refractivity contribution in [3.8, 4) is 0 Å². The molecule has 3 heterocycles. The van der Waals surface area contributed by atoms with E-state index in [1.165, 1.54) is 11.3 Å². The number of aromatic nitrogens is 3. The molecular weight excluding hydrogens is 300 g/mol. The number of nitrogens with zero attached hydrogens (tertiary/aromatic N) is 4. The molecule has 6 nitrogen and oxygen atoms in total. The van der Waals surface area contributed by atoms with Gasteiger partial charge in [-0.1, -0.05) is 19.0 Å². The van der Waals surface area contributed by atoms with Crippen molar-refractivity contribution in [2.45, 2.75) is 45.4 Å². The van der Waals surface area contributed by atoms with Gasteiger partial charge in [-0.3, -0.25) is 4.79 Å². The molecule has 1 amide bonds. The SMILES string of the molecule is Cc1ncc(C(=O)N2CCCC(c3noc(C(C)C)n3)C2)s1. The number of carbonyl (C=O) groups excluding carboxylic acids is 1. The van der Waals surface area contributed by atoms with Crippen LogP contribution in [-0.4, -0.2) is 39.0 Å². The second-order valence-electron chi connectivity index (χ2n) is 5.98. The number of thiazole rings is 1. The van der Waals surface area contributed by atoms with Crippen molar-refractivity contribution in [3.63, 3.8) is 0 Å². The minimum Gasteiger partial charge on any atom is -0.339 e. The van der Waals surface area contributed by atoms with Crippen LogP contribution >= 0.6 is 11.3 Å². The molecule has 0 aromatic carbocycles. The average Bonchev–Trinajstić information content (AvgIpc) is 3.15. The van der Waals surface area contributed by atoms with Gasteiger partial charge >= 0.3 is 0 Å². The quantitative estimate of drug-likeness (QED) is 0.869. The molecule has 1 aliphatic heterocycles. The number of piperidine rings is 1. The lowest BCUT2D eigenvalue weighted by atomic mass is 9.97. The first-order chi connectivity index (χ1) is 10.5. The fraction of sp³-hybridized carbons (Fsp3) is 0.600. The van der Waals surface area contributed by atoms with Crippen LogP contribution in [0.3, 0.4) is 0 Å². The summed E-state index contributed by atoms with van der Waals surface area (Å²) in [5.74, 6) is 1.83. The third kappa shape index (κ3) is 3.04. The van der Waals surface area contributed by atoms with Crippen LogP contribution in [0.4, 0.5) is 0 Å². The van der Waals surface area contributed by atoms with Gasteiger partial charge < -0.3 is 9.42 Å². The third-order valence-corrected chi connectivity index (χ3v) is 4.76. The highest BCUT2D eigenvalue weighted by molar-refractivity contribution is 7.13. The molecule has 3 rings (SSSR count). The van der Waals surface area contributed by atoms with E-state index < -0.39 is 0 Å². The van der Waals surface area contributed by atoms with E-state index in [9.17, 15) is 4.79 Å². The van der Waals surface area contributed by atoms with Gasteiger partial charge in [0.2, 0.25) is 5.89 Å². The summed E-state index contributed by atoms with van der Waals surface area (Å²) in [6, 6.07) is 0. The average molecular weight is 320 g/mol. The van der Waals surface area contributed by atoms with Gasteiger partial charge in [0, 0.05) is 24.9 Å². The van der Waals surface area contributed by atoms with E-state index in [-0.39, 0.29) is 17.7 Å². The Labute approximate surface area is 133 Å². The molecular formula is C15H20N4O2S. The van der Waals surface area contributed by atoms with Gasteiger partial charge in [0.15, 0.2) is 5.82 Å². The molecule has 1 saturated heterocycles. The highest BCUT2D eigenvalue weighted by Gasteiger charge is 2.29. The Kier molecular flexibility index (Phi) is 4.24. The Balaban J connectivity index is 1.72. The van der Waals surface area contributed by atoms with Gasteiger partial charge in [-0.05, 0) is 19.8 Å². The molecule has 1 fully saturated rings. The first-order valence-corrected chi connectivity index (χ1v) is 8.41. The summed E-state index contributed by atoms with van der Waals surface area (Å²) >= 11 is 1.44. The third-order valence-electron chi connectivity index (χ3n) is 3.86. The minimum atomic E-state index is 0.0582. The lowest BCUT2D eigenvalue weighted by Crippen LogP contribution is -2.39. The summed E-state index contributed by atoms with van der Waals surface area (Å²) in [6.07, 6.45) is 3.61. The van der Waals surface area contributed by atoms with E-state index in [0.29, 0.717) is 17.3 Å². The van der Waals surface area contributed by atoms with Gasteiger partial charge in [0.1, 0.15) is 4.88 Å². The Morgan fingerprint density at radius 2 is 2.32 bits per heavy atom. The first kappa shape index (κ1) is 15.1.